The first-order chi connectivity index (χ1) is 8.49. The van der Waals surface area contributed by atoms with Crippen LogP contribution in [0.25, 0.3) is 0 Å². The summed E-state index contributed by atoms with van der Waals surface area (Å²) in [5.74, 6) is 0.604. The van der Waals surface area contributed by atoms with Gasteiger partial charge >= 0.3 is 0 Å². The second-order valence-electron chi connectivity index (χ2n) is 3.64. The zero-order chi connectivity index (χ0) is 13.3. The topological polar surface area (TPSA) is 35.0 Å². The molecule has 2 rings (SSSR count). The van der Waals surface area contributed by atoms with Gasteiger partial charge in [-0.05, 0) is 26.0 Å². The molecule has 0 N–H and O–H groups in total. The van der Waals surface area contributed by atoms with Crippen molar-refractivity contribution in [2.75, 3.05) is 0 Å². The van der Waals surface area contributed by atoms with E-state index in [4.69, 9.17) is 39.5 Å². The van der Waals surface area contributed by atoms with E-state index in [1.807, 2.05) is 13.8 Å². The molecule has 1 aromatic carbocycles. The maximum Gasteiger partial charge on any atom is 0.257 e. The molecule has 0 bridgehead atoms. The Morgan fingerprint density at radius 2 is 1.67 bits per heavy atom. The standard InChI is InChI=1S/C12H9Cl3N2O/c1-6-7(2)17-12(11(15)16-6)18-9-5-3-4-8(13)10(9)14/h3-5H,1-2H3. The summed E-state index contributed by atoms with van der Waals surface area (Å²) in [5, 5.41) is 0.909. The monoisotopic (exact) mass is 302 g/mol. The van der Waals surface area contributed by atoms with Gasteiger partial charge in [-0.3, -0.25) is 0 Å². The summed E-state index contributed by atoms with van der Waals surface area (Å²) < 4.78 is 5.53. The molecule has 1 aromatic heterocycles. The molecule has 0 aliphatic rings. The number of benzene rings is 1. The van der Waals surface area contributed by atoms with Crippen LogP contribution >= 0.6 is 34.8 Å². The maximum absolute atomic E-state index is 6.02. The van der Waals surface area contributed by atoms with E-state index in [1.54, 1.807) is 18.2 Å². The van der Waals surface area contributed by atoms with Gasteiger partial charge in [-0.15, -0.1) is 0 Å². The number of rotatable bonds is 2. The third-order valence-electron chi connectivity index (χ3n) is 2.36. The van der Waals surface area contributed by atoms with Crippen LogP contribution in [0.1, 0.15) is 11.4 Å². The molecule has 18 heavy (non-hydrogen) atoms. The van der Waals surface area contributed by atoms with Crippen LogP contribution in [-0.2, 0) is 0 Å². The zero-order valence-corrected chi connectivity index (χ0v) is 11.9. The fraction of sp³-hybridized carbons (Fsp3) is 0.167. The Labute approximate surface area is 120 Å². The minimum Gasteiger partial charge on any atom is -0.435 e. The predicted octanol–water partition coefficient (Wildman–Crippen LogP) is 4.85. The third-order valence-corrected chi connectivity index (χ3v) is 3.41. The molecular formula is C12H9Cl3N2O. The molecule has 0 radical (unpaired) electrons. The summed E-state index contributed by atoms with van der Waals surface area (Å²) in [4.78, 5) is 8.34. The molecule has 0 atom stereocenters. The summed E-state index contributed by atoms with van der Waals surface area (Å²) in [6, 6.07) is 5.08. The Morgan fingerprint density at radius 1 is 1.00 bits per heavy atom. The summed E-state index contributed by atoms with van der Waals surface area (Å²) >= 11 is 17.9. The highest BCUT2D eigenvalue weighted by atomic mass is 35.5. The normalized spacial score (nSPS) is 10.5. The van der Waals surface area contributed by atoms with Gasteiger partial charge in [0.05, 0.1) is 16.4 Å². The van der Waals surface area contributed by atoms with Gasteiger partial charge in [0.2, 0.25) is 0 Å². The number of aryl methyl sites for hydroxylation is 2. The fourth-order valence-electron chi connectivity index (χ4n) is 1.29. The van der Waals surface area contributed by atoms with Crippen molar-refractivity contribution < 1.29 is 4.74 Å². The van der Waals surface area contributed by atoms with Crippen molar-refractivity contribution in [3.8, 4) is 11.6 Å². The van der Waals surface area contributed by atoms with Crippen LogP contribution in [0.3, 0.4) is 0 Å². The first-order valence-corrected chi connectivity index (χ1v) is 6.25. The SMILES string of the molecule is Cc1nc(Cl)c(Oc2cccc(Cl)c2Cl)nc1C. The first-order valence-electron chi connectivity index (χ1n) is 5.11. The van der Waals surface area contributed by atoms with Crippen molar-refractivity contribution >= 4 is 34.8 Å². The molecule has 0 spiro atoms. The summed E-state index contributed by atoms with van der Waals surface area (Å²) in [6.07, 6.45) is 0. The first kappa shape index (κ1) is 13.4. The lowest BCUT2D eigenvalue weighted by Crippen LogP contribution is -1.97. The molecule has 0 fully saturated rings. The molecule has 1 heterocycles. The Kier molecular flexibility index (Phi) is 3.95. The Bertz CT molecular complexity index is 602. The molecule has 0 aliphatic carbocycles. The van der Waals surface area contributed by atoms with E-state index in [0.29, 0.717) is 15.8 Å². The maximum atomic E-state index is 6.02. The van der Waals surface area contributed by atoms with Gasteiger partial charge in [-0.2, -0.15) is 0 Å². The second kappa shape index (κ2) is 5.31. The molecule has 0 amide bonds. The van der Waals surface area contributed by atoms with Crippen LogP contribution in [-0.4, -0.2) is 9.97 Å². The average Bonchev–Trinajstić information content (AvgIpc) is 2.32. The largest absolute Gasteiger partial charge is 0.435 e. The van der Waals surface area contributed by atoms with E-state index in [-0.39, 0.29) is 11.0 Å². The van der Waals surface area contributed by atoms with E-state index >= 15 is 0 Å². The van der Waals surface area contributed by atoms with Gasteiger partial charge in [-0.1, -0.05) is 40.9 Å². The van der Waals surface area contributed by atoms with Crippen molar-refractivity contribution in [1.82, 2.24) is 9.97 Å². The van der Waals surface area contributed by atoms with Crippen LogP contribution in [0.15, 0.2) is 18.2 Å². The molecule has 2 aromatic rings. The van der Waals surface area contributed by atoms with Crippen molar-refractivity contribution in [3.63, 3.8) is 0 Å². The smallest absolute Gasteiger partial charge is 0.257 e. The minimum atomic E-state index is 0.189. The van der Waals surface area contributed by atoms with Gasteiger partial charge in [0, 0.05) is 0 Å². The van der Waals surface area contributed by atoms with Gasteiger partial charge in [0.1, 0.15) is 10.8 Å². The summed E-state index contributed by atoms with van der Waals surface area (Å²) in [5.41, 5.74) is 1.50. The predicted molar refractivity (Wildman–Crippen MR) is 73.1 cm³/mol. The highest BCUT2D eigenvalue weighted by Gasteiger charge is 2.12. The Morgan fingerprint density at radius 3 is 2.39 bits per heavy atom. The molecule has 0 saturated carbocycles. The number of nitrogens with zero attached hydrogens (tertiary/aromatic N) is 2. The van der Waals surface area contributed by atoms with Crippen LogP contribution < -0.4 is 4.74 Å². The van der Waals surface area contributed by atoms with Gasteiger partial charge in [0.15, 0.2) is 5.15 Å². The van der Waals surface area contributed by atoms with Crippen LogP contribution in [0, 0.1) is 13.8 Å². The van der Waals surface area contributed by atoms with Gasteiger partial charge in [-0.25, -0.2) is 9.97 Å². The number of hydrogen-bond acceptors (Lipinski definition) is 3. The highest BCUT2D eigenvalue weighted by Crippen LogP contribution is 2.35. The average molecular weight is 304 g/mol. The molecule has 6 heteroatoms. The lowest BCUT2D eigenvalue weighted by atomic mass is 10.3. The van der Waals surface area contributed by atoms with Gasteiger partial charge < -0.3 is 4.74 Å². The fourth-order valence-corrected chi connectivity index (χ4v) is 1.83. The Balaban J connectivity index is 2.40. The molecule has 0 aliphatic heterocycles. The number of aromatic nitrogens is 2. The zero-order valence-electron chi connectivity index (χ0n) is 9.67. The second-order valence-corrected chi connectivity index (χ2v) is 4.79. The van der Waals surface area contributed by atoms with E-state index in [1.165, 1.54) is 0 Å². The van der Waals surface area contributed by atoms with Gasteiger partial charge in [0.25, 0.3) is 5.88 Å². The molecule has 0 unspecified atom stereocenters. The molecule has 94 valence electrons. The minimum absolute atomic E-state index is 0.189. The lowest BCUT2D eigenvalue weighted by Gasteiger charge is -2.10. The van der Waals surface area contributed by atoms with E-state index in [0.717, 1.165) is 11.4 Å². The van der Waals surface area contributed by atoms with Crippen molar-refractivity contribution in [3.05, 3.63) is 44.8 Å². The highest BCUT2D eigenvalue weighted by molar-refractivity contribution is 6.42. The van der Waals surface area contributed by atoms with Crippen LogP contribution in [0.4, 0.5) is 0 Å². The Hall–Kier alpha value is -1.03. The molecule has 0 saturated heterocycles. The van der Waals surface area contributed by atoms with Crippen LogP contribution in [0.5, 0.6) is 11.6 Å². The molecular weight excluding hydrogens is 295 g/mol. The van der Waals surface area contributed by atoms with E-state index in [9.17, 15) is 0 Å². The lowest BCUT2D eigenvalue weighted by molar-refractivity contribution is 0.458. The number of ether oxygens (including phenoxy) is 1. The quantitative estimate of drug-likeness (QED) is 0.795. The summed E-state index contributed by atoms with van der Waals surface area (Å²) in [7, 11) is 0. The van der Waals surface area contributed by atoms with Crippen molar-refractivity contribution in [2.24, 2.45) is 0 Å². The summed E-state index contributed by atoms with van der Waals surface area (Å²) in [6.45, 7) is 3.65. The van der Waals surface area contributed by atoms with Crippen LogP contribution in [0.2, 0.25) is 15.2 Å². The number of halogens is 3. The van der Waals surface area contributed by atoms with Crippen molar-refractivity contribution in [1.29, 1.82) is 0 Å². The number of hydrogen-bond donors (Lipinski definition) is 0. The van der Waals surface area contributed by atoms with E-state index in [2.05, 4.69) is 9.97 Å². The van der Waals surface area contributed by atoms with Crippen molar-refractivity contribution in [2.45, 2.75) is 13.8 Å². The molecule has 3 nitrogen and oxygen atoms in total. The van der Waals surface area contributed by atoms with E-state index < -0.39 is 0 Å². The third kappa shape index (κ3) is 2.69.